The summed E-state index contributed by atoms with van der Waals surface area (Å²) in [5.41, 5.74) is 2.00. The first-order valence-electron chi connectivity index (χ1n) is 38.3. The average molecular weight is 1670 g/mol. The molecule has 0 saturated heterocycles. The third-order valence-electron chi connectivity index (χ3n) is 20.1. The standard InChI is InChI=1S/C30H52O6Si2.C25H42O6Si2.C20H50O9Si4.CH4O.2H2O/c1-8-10-11-17-22-29(27(3)37(26-31,32-4)33-5)23-18-15-13-12-14-16-20-28-21-19-24-30(25-28)36-38(9-2,34-6)35-7;1-4-6-7-13-18-24(22(3)33(28,29)30)19-14-11-9-8-10-12-16-23-17-15-20-25(21-23)31-32(26,27)5-2;1-13(2)17(9)30(21,22)27-32(25,19(11)15(5)6)29-33(26,20(12)16(7)8)28-31(23,24)18(10)14(3)4;1-2;;/h9,11,17-19,21,23-25,27,29,31H,2,8,10,12-16,20,22,26H2,1,3-7H3;5,7,13-15,17,19-22,24,26-30H,2,4,6,8-12,16,18H2,1,3H3;13-26H,1-12H3;2H,1H3;2*1H2/b17-11+,23-18+;13-7+,19-14+;;;;. The van der Waals surface area contributed by atoms with Gasteiger partial charge in [-0.2, -0.15) is 0 Å². The van der Waals surface area contributed by atoms with Gasteiger partial charge in [-0.3, -0.25) is 0 Å². The predicted octanol–water partition coefficient (Wildman–Crippen LogP) is 12.4. The molecule has 10 unspecified atom stereocenters. The van der Waals surface area contributed by atoms with Crippen LogP contribution in [-0.2, 0) is 42.9 Å². The first kappa shape index (κ1) is 112. The number of unbranched alkanes of at least 4 members (excludes halogenated alkanes) is 10. The highest BCUT2D eigenvalue weighted by Crippen LogP contribution is 2.43. The molecule has 32 heteroatoms. The molecule has 108 heavy (non-hydrogen) atoms. The van der Waals surface area contributed by atoms with Gasteiger partial charge in [0.15, 0.2) is 0 Å². The molecule has 0 aliphatic heterocycles. The lowest BCUT2D eigenvalue weighted by atomic mass is 9.99. The van der Waals surface area contributed by atoms with Crippen molar-refractivity contribution in [1.29, 1.82) is 0 Å². The lowest BCUT2D eigenvalue weighted by Gasteiger charge is -2.45. The summed E-state index contributed by atoms with van der Waals surface area (Å²) in [4.78, 5) is 115. The van der Waals surface area contributed by atoms with E-state index >= 15 is 0 Å². The van der Waals surface area contributed by atoms with Crippen LogP contribution in [0.25, 0.3) is 0 Å². The molecule has 0 amide bonds. The minimum absolute atomic E-state index is 0. The highest BCUT2D eigenvalue weighted by atomic mass is 28.5. The van der Waals surface area contributed by atoms with Crippen molar-refractivity contribution in [2.24, 2.45) is 35.5 Å². The summed E-state index contributed by atoms with van der Waals surface area (Å²) in [6, 6.07) is 15.5. The van der Waals surface area contributed by atoms with Crippen molar-refractivity contribution in [3.63, 3.8) is 0 Å². The zero-order valence-electron chi connectivity index (χ0n) is 69.7. The van der Waals surface area contributed by atoms with E-state index in [9.17, 15) is 57.9 Å². The molecule has 0 aromatic heterocycles. The number of hydrogen-bond acceptors (Lipinski definition) is 22. The second kappa shape index (κ2) is 57.4. The van der Waals surface area contributed by atoms with E-state index in [4.69, 9.17) is 44.0 Å². The van der Waals surface area contributed by atoms with Crippen LogP contribution in [0, 0.1) is 35.5 Å². The summed E-state index contributed by atoms with van der Waals surface area (Å²) in [6.45, 7) is 36.5. The van der Waals surface area contributed by atoms with Gasteiger partial charge in [-0.15, -0.1) is 0 Å². The molecule has 0 radical (unpaired) electrons. The molecule has 10 atom stereocenters. The minimum Gasteiger partial charge on any atom is -0.498 e. The highest BCUT2D eigenvalue weighted by Gasteiger charge is 2.64. The molecule has 0 aliphatic rings. The molecule has 2 rings (SSSR count). The molecular formula is C76H152O24Si8. The molecule has 24 nitrogen and oxygen atoms in total. The Balaban J connectivity index is -0.000000738. The number of aryl methyl sites for hydroxylation is 2. The Morgan fingerprint density at radius 1 is 0.407 bits per heavy atom. The quantitative estimate of drug-likeness (QED) is 0.0166. The predicted molar refractivity (Wildman–Crippen MR) is 451 cm³/mol. The largest absolute Gasteiger partial charge is 0.594 e. The van der Waals surface area contributed by atoms with Gasteiger partial charge in [0.1, 0.15) is 11.5 Å². The average Bonchev–Trinajstić information content (AvgIpc) is 0.765. The number of allylic oxidation sites excluding steroid dienone is 8. The fraction of sp³-hybridized carbons (Fsp3) is 0.684. The first-order chi connectivity index (χ1) is 49.5. The molecular weight excluding hydrogens is 1520 g/mol. The van der Waals surface area contributed by atoms with Gasteiger partial charge >= 0.3 is 70.2 Å². The van der Waals surface area contributed by atoms with E-state index in [1.807, 2.05) is 91.8 Å². The van der Waals surface area contributed by atoms with E-state index in [0.717, 1.165) is 114 Å². The van der Waals surface area contributed by atoms with Crippen LogP contribution in [0.5, 0.6) is 11.5 Å². The van der Waals surface area contributed by atoms with Crippen LogP contribution in [0.15, 0.2) is 122 Å². The molecule has 0 saturated carbocycles. The Kier molecular flexibility index (Phi) is 59.3. The van der Waals surface area contributed by atoms with E-state index in [-0.39, 0.29) is 58.2 Å². The Labute approximate surface area is 660 Å². The summed E-state index contributed by atoms with van der Waals surface area (Å²) in [5, 5.41) is 17.0. The van der Waals surface area contributed by atoms with Gasteiger partial charge in [0, 0.05) is 68.8 Å². The van der Waals surface area contributed by atoms with Gasteiger partial charge in [0.25, 0.3) is 0 Å². The number of rotatable bonds is 53. The molecule has 0 spiro atoms. The second-order valence-corrected chi connectivity index (χ2v) is 51.1. The van der Waals surface area contributed by atoms with Crippen molar-refractivity contribution in [3.05, 3.63) is 133 Å². The van der Waals surface area contributed by atoms with Crippen molar-refractivity contribution >= 4 is 70.2 Å². The number of hydrogen-bond donors (Lipinski definition) is 13. The summed E-state index contributed by atoms with van der Waals surface area (Å²) in [5.74, 6) is 0.762. The topological polar surface area (TPSA) is 409 Å². The maximum absolute atomic E-state index is 11.7. The van der Waals surface area contributed by atoms with Gasteiger partial charge in [0.05, 0.1) is 6.23 Å². The van der Waals surface area contributed by atoms with Crippen LogP contribution in [0.3, 0.4) is 0 Å². The van der Waals surface area contributed by atoms with E-state index < -0.39 is 97.9 Å². The monoisotopic (exact) mass is 1670 g/mol. The van der Waals surface area contributed by atoms with Crippen molar-refractivity contribution in [1.82, 2.24) is 0 Å². The van der Waals surface area contributed by atoms with Gasteiger partial charge in [0.2, 0.25) is 0 Å². The Morgan fingerprint density at radius 3 is 1.08 bits per heavy atom. The minimum atomic E-state index is -4.52. The van der Waals surface area contributed by atoms with Crippen molar-refractivity contribution < 1.29 is 113 Å². The highest BCUT2D eigenvalue weighted by molar-refractivity contribution is 6.83. The number of aliphatic hydroxyl groups excluding tert-OH is 2. The van der Waals surface area contributed by atoms with Crippen molar-refractivity contribution in [2.45, 2.75) is 260 Å². The smallest absolute Gasteiger partial charge is 0.498 e. The van der Waals surface area contributed by atoms with Gasteiger partial charge in [-0.1, -0.05) is 235 Å². The molecule has 2 aromatic carbocycles. The fourth-order valence-electron chi connectivity index (χ4n) is 11.0. The normalized spacial score (nSPS) is 16.1. The maximum Gasteiger partial charge on any atom is 0.594 e. The molecule has 2 aromatic rings. The van der Waals surface area contributed by atoms with Crippen LogP contribution in [-0.4, -0.2) is 186 Å². The SMILES string of the molecule is C=C[Si](O)(O)Oc1cccc(CCCCCC/C=C/C(C/C=C/CCC)C(C)[Si](O)(O)O)c1.C=C[Si](OC)(OC)Oc1cccc(CCCCCC/C=C/C(C/C=C/CCC)C(C)[Si](CO)(OC)OC)c1.CC(C)C(C)[Si](O)(O)O[Si](O)(O[Si](O)(O[Si](O)(O)C(C)C(C)C)C(C)C(C)C)C(C)C(C)C.CO.O.O. The van der Waals surface area contributed by atoms with Gasteiger partial charge < -0.3 is 113 Å². The third kappa shape index (κ3) is 42.1. The summed E-state index contributed by atoms with van der Waals surface area (Å²) in [7, 11) is -23.9. The van der Waals surface area contributed by atoms with Crippen LogP contribution < -0.4 is 8.85 Å². The van der Waals surface area contributed by atoms with Gasteiger partial charge in [-0.05, 0) is 159 Å². The van der Waals surface area contributed by atoms with Crippen LogP contribution in [0.2, 0.25) is 33.2 Å². The second-order valence-electron chi connectivity index (χ2n) is 29.3. The van der Waals surface area contributed by atoms with Gasteiger partial charge in [-0.25, -0.2) is 0 Å². The summed E-state index contributed by atoms with van der Waals surface area (Å²) in [6.07, 6.45) is 36.2. The number of aliphatic hydroxyl groups is 2. The first-order valence-corrected chi connectivity index (χ1v) is 53.5. The Hall–Kier alpha value is -2.66. The van der Waals surface area contributed by atoms with Crippen LogP contribution in [0.4, 0.5) is 0 Å². The number of benzene rings is 2. The van der Waals surface area contributed by atoms with Crippen LogP contribution in [0.1, 0.15) is 225 Å². The molecule has 0 heterocycles. The summed E-state index contributed by atoms with van der Waals surface area (Å²) >= 11 is 0. The van der Waals surface area contributed by atoms with E-state index in [2.05, 4.69) is 88.6 Å². The van der Waals surface area contributed by atoms with E-state index in [1.165, 1.54) is 24.8 Å². The van der Waals surface area contributed by atoms with E-state index in [0.29, 0.717) is 12.2 Å². The molecule has 0 bridgehead atoms. The van der Waals surface area contributed by atoms with Crippen molar-refractivity contribution in [2.75, 3.05) is 41.8 Å². The van der Waals surface area contributed by atoms with E-state index in [1.54, 1.807) is 74.8 Å². The lowest BCUT2D eigenvalue weighted by molar-refractivity contribution is 0.0811. The zero-order chi connectivity index (χ0) is 81.8. The van der Waals surface area contributed by atoms with Crippen LogP contribution >= 0.6 is 0 Å². The maximum atomic E-state index is 11.7. The molecule has 632 valence electrons. The Bertz CT molecular complexity index is 2690. The fourth-order valence-corrected chi connectivity index (χ4v) is 30.0. The molecule has 17 N–H and O–H groups in total. The summed E-state index contributed by atoms with van der Waals surface area (Å²) < 4.78 is 51.0. The zero-order valence-corrected chi connectivity index (χ0v) is 77.7. The molecule has 0 aliphatic carbocycles. The van der Waals surface area contributed by atoms with Crippen molar-refractivity contribution in [3.8, 4) is 11.5 Å². The third-order valence-corrected chi connectivity index (χ3v) is 43.1. The lowest BCUT2D eigenvalue weighted by Crippen LogP contribution is -2.68. The molecule has 0 fully saturated rings. The Morgan fingerprint density at radius 2 is 0.769 bits per heavy atom.